The summed E-state index contributed by atoms with van der Waals surface area (Å²) in [5.74, 6) is 0.842. The standard InChI is InChI=1S/C23H26FN3O2/c24-18-6-8-19(9-7-18)29-15-3-12-25-23(28)27-13-10-17(11-14-27)21-16-26-22-5-2-1-4-20(21)22/h1-2,4-9,16-17,26H,3,10-15H2,(H,25,28). The number of hydrogen-bond acceptors (Lipinski definition) is 2. The van der Waals surface area contributed by atoms with Crippen LogP contribution in [0.2, 0.25) is 0 Å². The molecule has 152 valence electrons. The van der Waals surface area contributed by atoms with Crippen LogP contribution in [0.3, 0.4) is 0 Å². The van der Waals surface area contributed by atoms with E-state index in [1.54, 1.807) is 12.1 Å². The zero-order chi connectivity index (χ0) is 20.1. The van der Waals surface area contributed by atoms with Gasteiger partial charge in [0.1, 0.15) is 11.6 Å². The van der Waals surface area contributed by atoms with Gasteiger partial charge in [-0.15, -0.1) is 0 Å². The zero-order valence-corrected chi connectivity index (χ0v) is 16.4. The largest absolute Gasteiger partial charge is 0.494 e. The van der Waals surface area contributed by atoms with Gasteiger partial charge in [-0.3, -0.25) is 0 Å². The van der Waals surface area contributed by atoms with E-state index in [0.29, 0.717) is 31.2 Å². The molecule has 2 N–H and O–H groups in total. The van der Waals surface area contributed by atoms with Crippen LogP contribution in [0.25, 0.3) is 10.9 Å². The Bertz CT molecular complexity index is 946. The second-order valence-corrected chi connectivity index (χ2v) is 7.44. The Morgan fingerprint density at radius 2 is 1.90 bits per heavy atom. The fourth-order valence-electron chi connectivity index (χ4n) is 3.93. The molecule has 29 heavy (non-hydrogen) atoms. The summed E-state index contributed by atoms with van der Waals surface area (Å²) in [4.78, 5) is 17.6. The number of rotatable bonds is 6. The molecule has 1 aliphatic rings. The predicted molar refractivity (Wildman–Crippen MR) is 112 cm³/mol. The monoisotopic (exact) mass is 395 g/mol. The van der Waals surface area contributed by atoms with E-state index >= 15 is 0 Å². The number of likely N-dealkylation sites (tertiary alicyclic amines) is 1. The van der Waals surface area contributed by atoms with E-state index in [1.165, 1.54) is 28.6 Å². The summed E-state index contributed by atoms with van der Waals surface area (Å²) >= 11 is 0. The first-order valence-corrected chi connectivity index (χ1v) is 10.2. The van der Waals surface area contributed by atoms with Crippen LogP contribution >= 0.6 is 0 Å². The molecule has 4 rings (SSSR count). The summed E-state index contributed by atoms with van der Waals surface area (Å²) in [5, 5.41) is 4.26. The third-order valence-corrected chi connectivity index (χ3v) is 5.52. The molecule has 2 aromatic carbocycles. The fourth-order valence-corrected chi connectivity index (χ4v) is 3.93. The summed E-state index contributed by atoms with van der Waals surface area (Å²) in [7, 11) is 0. The number of aromatic amines is 1. The van der Waals surface area contributed by atoms with Gasteiger partial charge in [-0.2, -0.15) is 0 Å². The van der Waals surface area contributed by atoms with Gasteiger partial charge in [0, 0.05) is 36.7 Å². The van der Waals surface area contributed by atoms with E-state index in [-0.39, 0.29) is 11.8 Å². The quantitative estimate of drug-likeness (QED) is 0.596. The molecule has 2 heterocycles. The smallest absolute Gasteiger partial charge is 0.317 e. The Kier molecular flexibility index (Phi) is 5.98. The van der Waals surface area contributed by atoms with Crippen molar-refractivity contribution >= 4 is 16.9 Å². The summed E-state index contributed by atoms with van der Waals surface area (Å²) in [6.07, 6.45) is 4.77. The number of carbonyl (C=O) groups is 1. The number of halogens is 1. The van der Waals surface area contributed by atoms with Crippen molar-refractivity contribution in [1.29, 1.82) is 0 Å². The molecule has 0 spiro atoms. The van der Waals surface area contributed by atoms with E-state index in [9.17, 15) is 9.18 Å². The minimum atomic E-state index is -0.280. The third kappa shape index (κ3) is 4.70. The van der Waals surface area contributed by atoms with Crippen LogP contribution in [0.15, 0.2) is 54.7 Å². The van der Waals surface area contributed by atoms with Crippen molar-refractivity contribution in [2.45, 2.75) is 25.2 Å². The summed E-state index contributed by atoms with van der Waals surface area (Å²) in [6.45, 7) is 2.57. The van der Waals surface area contributed by atoms with Gasteiger partial charge in [0.25, 0.3) is 0 Å². The SMILES string of the molecule is O=C(NCCCOc1ccc(F)cc1)N1CCC(c2c[nH]c3ccccc23)CC1. The van der Waals surface area contributed by atoms with Crippen LogP contribution in [0.5, 0.6) is 5.75 Å². The highest BCUT2D eigenvalue weighted by atomic mass is 19.1. The van der Waals surface area contributed by atoms with Crippen LogP contribution in [0.4, 0.5) is 9.18 Å². The number of H-pyrrole nitrogens is 1. The average Bonchev–Trinajstić information content (AvgIpc) is 3.19. The van der Waals surface area contributed by atoms with E-state index in [1.807, 2.05) is 11.0 Å². The molecule has 1 aliphatic heterocycles. The number of aromatic nitrogens is 1. The van der Waals surface area contributed by atoms with Crippen molar-refractivity contribution in [2.24, 2.45) is 0 Å². The van der Waals surface area contributed by atoms with Gasteiger partial charge in [0.15, 0.2) is 0 Å². The number of nitrogens with one attached hydrogen (secondary N) is 2. The Morgan fingerprint density at radius 3 is 2.69 bits per heavy atom. The Labute approximate surface area is 169 Å². The number of fused-ring (bicyclic) bond motifs is 1. The maximum absolute atomic E-state index is 12.9. The second-order valence-electron chi connectivity index (χ2n) is 7.44. The number of para-hydroxylation sites is 1. The van der Waals surface area contributed by atoms with Crippen molar-refractivity contribution in [2.75, 3.05) is 26.2 Å². The van der Waals surface area contributed by atoms with Gasteiger partial charge in [0.2, 0.25) is 0 Å². The molecule has 0 atom stereocenters. The van der Waals surface area contributed by atoms with Gasteiger partial charge in [0.05, 0.1) is 6.61 Å². The van der Waals surface area contributed by atoms with Crippen LogP contribution in [0.1, 0.15) is 30.7 Å². The molecule has 3 aromatic rings. The molecular weight excluding hydrogens is 369 g/mol. The maximum Gasteiger partial charge on any atom is 0.317 e. The molecule has 1 fully saturated rings. The Balaban J connectivity index is 1.18. The molecule has 0 unspecified atom stereocenters. The van der Waals surface area contributed by atoms with Crippen LogP contribution in [-0.4, -0.2) is 42.2 Å². The third-order valence-electron chi connectivity index (χ3n) is 5.52. The zero-order valence-electron chi connectivity index (χ0n) is 16.4. The first-order chi connectivity index (χ1) is 14.2. The number of urea groups is 1. The molecule has 0 aliphatic carbocycles. The predicted octanol–water partition coefficient (Wildman–Crippen LogP) is 4.67. The number of amides is 2. The van der Waals surface area contributed by atoms with Crippen molar-refractivity contribution in [3.05, 3.63) is 66.1 Å². The number of piperidine rings is 1. The molecular formula is C23H26FN3O2. The molecule has 0 bridgehead atoms. The second kappa shape index (κ2) is 8.99. The topological polar surface area (TPSA) is 57.4 Å². The van der Waals surface area contributed by atoms with E-state index in [4.69, 9.17) is 4.74 Å². The number of carbonyl (C=O) groups excluding carboxylic acids is 1. The van der Waals surface area contributed by atoms with E-state index in [0.717, 1.165) is 25.9 Å². The first kappa shape index (κ1) is 19.3. The molecule has 0 radical (unpaired) electrons. The summed E-state index contributed by atoms with van der Waals surface area (Å²) < 4.78 is 18.4. The van der Waals surface area contributed by atoms with Crippen molar-refractivity contribution in [3.8, 4) is 5.75 Å². The number of hydrogen-bond donors (Lipinski definition) is 2. The summed E-state index contributed by atoms with van der Waals surface area (Å²) in [6, 6.07) is 14.3. The van der Waals surface area contributed by atoms with E-state index < -0.39 is 0 Å². The highest BCUT2D eigenvalue weighted by Gasteiger charge is 2.25. The van der Waals surface area contributed by atoms with Gasteiger partial charge in [-0.1, -0.05) is 18.2 Å². The molecule has 5 nitrogen and oxygen atoms in total. The Morgan fingerprint density at radius 1 is 1.14 bits per heavy atom. The Hall–Kier alpha value is -3.02. The van der Waals surface area contributed by atoms with Crippen LogP contribution in [0, 0.1) is 5.82 Å². The lowest BCUT2D eigenvalue weighted by Gasteiger charge is -2.32. The number of benzene rings is 2. The fraction of sp³-hybridized carbons (Fsp3) is 0.348. The number of ether oxygens (including phenoxy) is 1. The lowest BCUT2D eigenvalue weighted by Crippen LogP contribution is -2.44. The molecule has 6 heteroatoms. The van der Waals surface area contributed by atoms with Gasteiger partial charge >= 0.3 is 6.03 Å². The highest BCUT2D eigenvalue weighted by Crippen LogP contribution is 2.33. The van der Waals surface area contributed by atoms with Gasteiger partial charge < -0.3 is 19.9 Å². The van der Waals surface area contributed by atoms with E-state index in [2.05, 4.69) is 34.7 Å². The highest BCUT2D eigenvalue weighted by molar-refractivity contribution is 5.83. The van der Waals surface area contributed by atoms with Crippen LogP contribution < -0.4 is 10.1 Å². The molecule has 1 aromatic heterocycles. The minimum Gasteiger partial charge on any atom is -0.494 e. The molecule has 2 amide bonds. The van der Waals surface area contributed by atoms with Crippen molar-refractivity contribution in [1.82, 2.24) is 15.2 Å². The molecule has 1 saturated heterocycles. The van der Waals surface area contributed by atoms with Crippen molar-refractivity contribution in [3.63, 3.8) is 0 Å². The first-order valence-electron chi connectivity index (χ1n) is 10.2. The lowest BCUT2D eigenvalue weighted by atomic mass is 9.89. The van der Waals surface area contributed by atoms with Gasteiger partial charge in [-0.25, -0.2) is 9.18 Å². The minimum absolute atomic E-state index is 0.0100. The normalized spacial score (nSPS) is 14.9. The van der Waals surface area contributed by atoms with Crippen molar-refractivity contribution < 1.29 is 13.9 Å². The van der Waals surface area contributed by atoms with Gasteiger partial charge in [-0.05, 0) is 61.1 Å². The van der Waals surface area contributed by atoms with Crippen LogP contribution in [-0.2, 0) is 0 Å². The number of nitrogens with zero attached hydrogens (tertiary/aromatic N) is 1. The summed E-state index contributed by atoms with van der Waals surface area (Å²) in [5.41, 5.74) is 2.53. The average molecular weight is 395 g/mol. The molecule has 0 saturated carbocycles. The lowest BCUT2D eigenvalue weighted by molar-refractivity contribution is 0.180. The maximum atomic E-state index is 12.9.